The summed E-state index contributed by atoms with van der Waals surface area (Å²) in [5, 5.41) is 2.85. The summed E-state index contributed by atoms with van der Waals surface area (Å²) in [7, 11) is 1.59. The van der Waals surface area contributed by atoms with Gasteiger partial charge in [0.05, 0.1) is 13.2 Å². The van der Waals surface area contributed by atoms with E-state index >= 15 is 0 Å². The summed E-state index contributed by atoms with van der Waals surface area (Å²) in [5.41, 5.74) is 1.26. The summed E-state index contributed by atoms with van der Waals surface area (Å²) in [4.78, 5) is 12.3. The number of nitrogens with one attached hydrogen (secondary N) is 1. The Kier molecular flexibility index (Phi) is 5.33. The van der Waals surface area contributed by atoms with Gasteiger partial charge < -0.3 is 19.5 Å². The lowest BCUT2D eigenvalue weighted by Gasteiger charge is -2.12. The quantitative estimate of drug-likeness (QED) is 0.882. The lowest BCUT2D eigenvalue weighted by molar-refractivity contribution is 0.0679. The Balaban J connectivity index is 1.56. The van der Waals surface area contributed by atoms with Gasteiger partial charge in [-0.25, -0.2) is 0 Å². The van der Waals surface area contributed by atoms with Crippen LogP contribution in [0.2, 0.25) is 0 Å². The summed E-state index contributed by atoms with van der Waals surface area (Å²) < 4.78 is 16.4. The fourth-order valence-corrected chi connectivity index (χ4v) is 2.57. The number of benzene rings is 2. The van der Waals surface area contributed by atoms with Gasteiger partial charge in [-0.05, 0) is 49.2 Å². The van der Waals surface area contributed by atoms with E-state index in [1.165, 1.54) is 0 Å². The monoisotopic (exact) mass is 327 g/mol. The third-order valence-electron chi connectivity index (χ3n) is 3.90. The molecule has 0 bridgehead atoms. The minimum Gasteiger partial charge on any atom is -0.497 e. The Hall–Kier alpha value is -2.53. The number of carbonyl (C=O) groups excluding carboxylic acids is 1. The van der Waals surface area contributed by atoms with Gasteiger partial charge in [0.1, 0.15) is 18.1 Å². The number of anilines is 1. The van der Waals surface area contributed by atoms with E-state index in [1.54, 1.807) is 37.4 Å². The molecule has 1 saturated heterocycles. The second-order valence-electron chi connectivity index (χ2n) is 5.66. The maximum absolute atomic E-state index is 12.3. The van der Waals surface area contributed by atoms with Crippen molar-refractivity contribution >= 4 is 11.6 Å². The Labute approximate surface area is 141 Å². The number of carbonyl (C=O) groups is 1. The molecule has 1 unspecified atom stereocenters. The molecule has 0 saturated carbocycles. The molecule has 0 radical (unpaired) electrons. The fourth-order valence-electron chi connectivity index (χ4n) is 2.57. The van der Waals surface area contributed by atoms with Crippen LogP contribution < -0.4 is 14.8 Å². The highest BCUT2D eigenvalue weighted by atomic mass is 16.5. The van der Waals surface area contributed by atoms with Crippen LogP contribution in [0.3, 0.4) is 0 Å². The van der Waals surface area contributed by atoms with Crippen molar-refractivity contribution in [2.75, 3.05) is 25.6 Å². The molecule has 1 fully saturated rings. The van der Waals surface area contributed by atoms with Crippen LogP contribution in [0.1, 0.15) is 23.2 Å². The van der Waals surface area contributed by atoms with Gasteiger partial charge in [-0.2, -0.15) is 0 Å². The molecule has 2 aromatic rings. The highest BCUT2D eigenvalue weighted by Crippen LogP contribution is 2.19. The van der Waals surface area contributed by atoms with Crippen LogP contribution in [0.15, 0.2) is 48.5 Å². The predicted molar refractivity (Wildman–Crippen MR) is 91.9 cm³/mol. The molecule has 1 N–H and O–H groups in total. The first-order valence-corrected chi connectivity index (χ1v) is 8.04. The van der Waals surface area contributed by atoms with E-state index in [0.717, 1.165) is 25.2 Å². The molecule has 0 aromatic heterocycles. The minimum absolute atomic E-state index is 0.172. The van der Waals surface area contributed by atoms with Gasteiger partial charge in [0.15, 0.2) is 0 Å². The van der Waals surface area contributed by atoms with Gasteiger partial charge in [0.2, 0.25) is 0 Å². The zero-order chi connectivity index (χ0) is 16.8. The molecular weight excluding hydrogens is 306 g/mol. The zero-order valence-electron chi connectivity index (χ0n) is 13.7. The second kappa shape index (κ2) is 7.84. The van der Waals surface area contributed by atoms with Gasteiger partial charge >= 0.3 is 0 Å². The van der Waals surface area contributed by atoms with Crippen molar-refractivity contribution in [1.82, 2.24) is 0 Å². The van der Waals surface area contributed by atoms with E-state index < -0.39 is 0 Å². The van der Waals surface area contributed by atoms with E-state index in [0.29, 0.717) is 23.6 Å². The lowest BCUT2D eigenvalue weighted by atomic mass is 10.2. The highest BCUT2D eigenvalue weighted by molar-refractivity contribution is 6.04. The lowest BCUT2D eigenvalue weighted by Crippen LogP contribution is -2.16. The first-order chi connectivity index (χ1) is 11.7. The van der Waals surface area contributed by atoms with Crippen molar-refractivity contribution < 1.29 is 19.0 Å². The number of rotatable bonds is 6. The van der Waals surface area contributed by atoms with E-state index in [4.69, 9.17) is 14.2 Å². The summed E-state index contributed by atoms with van der Waals surface area (Å²) in [6, 6.07) is 14.4. The van der Waals surface area contributed by atoms with Gasteiger partial charge in [0, 0.05) is 23.9 Å². The first-order valence-electron chi connectivity index (χ1n) is 8.04. The molecule has 126 valence electrons. The molecule has 0 spiro atoms. The van der Waals surface area contributed by atoms with E-state index in [9.17, 15) is 4.79 Å². The van der Waals surface area contributed by atoms with Gasteiger partial charge in [-0.1, -0.05) is 6.07 Å². The standard InChI is InChI=1S/C19H21NO4/c1-22-17-5-2-4-15(12-17)20-19(21)14-7-9-16(10-8-14)24-13-18-6-3-11-23-18/h2,4-5,7-10,12,18H,3,6,11,13H2,1H3,(H,20,21). The Morgan fingerprint density at radius 3 is 2.75 bits per heavy atom. The van der Waals surface area contributed by atoms with Crippen molar-refractivity contribution in [1.29, 1.82) is 0 Å². The number of methoxy groups -OCH3 is 1. The summed E-state index contributed by atoms with van der Waals surface area (Å²) in [6.07, 6.45) is 2.32. The van der Waals surface area contributed by atoms with Gasteiger partial charge in [0.25, 0.3) is 5.91 Å². The summed E-state index contributed by atoms with van der Waals surface area (Å²) in [6.45, 7) is 1.37. The van der Waals surface area contributed by atoms with Crippen LogP contribution in [0.5, 0.6) is 11.5 Å². The number of ether oxygens (including phenoxy) is 3. The van der Waals surface area contributed by atoms with Crippen LogP contribution in [-0.2, 0) is 4.74 Å². The van der Waals surface area contributed by atoms with Crippen molar-refractivity contribution in [2.24, 2.45) is 0 Å². The zero-order valence-corrected chi connectivity index (χ0v) is 13.7. The fraction of sp³-hybridized carbons (Fsp3) is 0.316. The van der Waals surface area contributed by atoms with Crippen molar-refractivity contribution in [3.63, 3.8) is 0 Å². The number of hydrogen-bond acceptors (Lipinski definition) is 4. The maximum Gasteiger partial charge on any atom is 0.255 e. The van der Waals surface area contributed by atoms with Crippen LogP contribution in [0.4, 0.5) is 5.69 Å². The second-order valence-corrected chi connectivity index (χ2v) is 5.66. The Bertz CT molecular complexity index is 678. The van der Waals surface area contributed by atoms with Crippen LogP contribution in [-0.4, -0.2) is 32.3 Å². The molecule has 5 nitrogen and oxygen atoms in total. The molecule has 1 heterocycles. The molecule has 1 aliphatic rings. The Morgan fingerprint density at radius 2 is 2.04 bits per heavy atom. The largest absolute Gasteiger partial charge is 0.497 e. The maximum atomic E-state index is 12.3. The van der Waals surface area contributed by atoms with Crippen LogP contribution in [0, 0.1) is 0 Å². The minimum atomic E-state index is -0.172. The van der Waals surface area contributed by atoms with Crippen LogP contribution >= 0.6 is 0 Å². The average molecular weight is 327 g/mol. The molecule has 1 amide bonds. The van der Waals surface area contributed by atoms with Crippen molar-refractivity contribution in [3.8, 4) is 11.5 Å². The van der Waals surface area contributed by atoms with E-state index in [1.807, 2.05) is 18.2 Å². The smallest absolute Gasteiger partial charge is 0.255 e. The Morgan fingerprint density at radius 1 is 1.21 bits per heavy atom. The molecule has 24 heavy (non-hydrogen) atoms. The van der Waals surface area contributed by atoms with Gasteiger partial charge in [-0.15, -0.1) is 0 Å². The number of amides is 1. The summed E-state index contributed by atoms with van der Waals surface area (Å²) in [5.74, 6) is 1.27. The molecule has 0 aliphatic carbocycles. The number of hydrogen-bond donors (Lipinski definition) is 1. The van der Waals surface area contributed by atoms with Crippen molar-refractivity contribution in [2.45, 2.75) is 18.9 Å². The third kappa shape index (κ3) is 4.26. The SMILES string of the molecule is COc1cccc(NC(=O)c2ccc(OCC3CCCO3)cc2)c1. The topological polar surface area (TPSA) is 56.8 Å². The molecule has 2 aromatic carbocycles. The predicted octanol–water partition coefficient (Wildman–Crippen LogP) is 3.51. The first kappa shape index (κ1) is 16.3. The average Bonchev–Trinajstić information content (AvgIpc) is 3.14. The van der Waals surface area contributed by atoms with Crippen molar-refractivity contribution in [3.05, 3.63) is 54.1 Å². The van der Waals surface area contributed by atoms with Crippen LogP contribution in [0.25, 0.3) is 0 Å². The molecule has 3 rings (SSSR count). The summed E-state index contributed by atoms with van der Waals surface area (Å²) >= 11 is 0. The van der Waals surface area contributed by atoms with E-state index in [2.05, 4.69) is 5.32 Å². The molecule has 1 aliphatic heterocycles. The molecule has 1 atom stereocenters. The van der Waals surface area contributed by atoms with Gasteiger partial charge in [-0.3, -0.25) is 4.79 Å². The third-order valence-corrected chi connectivity index (χ3v) is 3.90. The molecular formula is C19H21NO4. The normalized spacial score (nSPS) is 16.6. The highest BCUT2D eigenvalue weighted by Gasteiger charge is 2.16. The molecule has 5 heteroatoms. The van der Waals surface area contributed by atoms with E-state index in [-0.39, 0.29) is 12.0 Å².